The quantitative estimate of drug-likeness (QED) is 0.751. The van der Waals surface area contributed by atoms with E-state index in [9.17, 15) is 4.39 Å². The maximum absolute atomic E-state index is 13.3. The second-order valence-corrected chi connectivity index (χ2v) is 6.72. The molecule has 1 aromatic carbocycles. The van der Waals surface area contributed by atoms with Gasteiger partial charge in [0.25, 0.3) is 0 Å². The van der Waals surface area contributed by atoms with Crippen LogP contribution in [0.15, 0.2) is 48.8 Å². The highest BCUT2D eigenvalue weighted by Gasteiger charge is 2.26. The van der Waals surface area contributed by atoms with Crippen molar-refractivity contribution < 1.29 is 4.39 Å². The minimum atomic E-state index is -0.244. The van der Waals surface area contributed by atoms with Gasteiger partial charge in [-0.25, -0.2) is 4.39 Å². The number of nitrogens with two attached hydrogens (primary N) is 1. The monoisotopic (exact) mass is 336 g/mol. The Balaban J connectivity index is 1.81. The molecule has 1 fully saturated rings. The number of hydrogen-bond donors (Lipinski definition) is 2. The van der Waals surface area contributed by atoms with Gasteiger partial charge in [-0.05, 0) is 67.6 Å². The second-order valence-electron chi connectivity index (χ2n) is 6.72. The number of nitrogens with zero attached hydrogens (tertiary/aromatic N) is 2. The Hall–Kier alpha value is -2.53. The Labute approximate surface area is 146 Å². The molecule has 5 heteroatoms. The number of halogens is 1. The predicted molar refractivity (Wildman–Crippen MR) is 96.4 cm³/mol. The van der Waals surface area contributed by atoms with Gasteiger partial charge >= 0.3 is 0 Å². The fourth-order valence-corrected chi connectivity index (χ4v) is 3.69. The van der Waals surface area contributed by atoms with Crippen LogP contribution in [0, 0.1) is 5.82 Å². The van der Waals surface area contributed by atoms with E-state index in [1.807, 2.05) is 12.1 Å². The molecule has 1 saturated carbocycles. The molecule has 1 aliphatic carbocycles. The molecule has 0 radical (unpaired) electrons. The first-order valence-electron chi connectivity index (χ1n) is 8.72. The molecule has 0 bridgehead atoms. The zero-order valence-corrected chi connectivity index (χ0v) is 14.0. The predicted octanol–water partition coefficient (Wildman–Crippen LogP) is 4.26. The number of aromatic amines is 1. The average molecular weight is 336 g/mol. The highest BCUT2D eigenvalue weighted by atomic mass is 19.1. The molecule has 1 aliphatic rings. The first-order chi connectivity index (χ1) is 12.2. The van der Waals surface area contributed by atoms with Gasteiger partial charge in [-0.3, -0.25) is 10.1 Å². The van der Waals surface area contributed by atoms with Crippen molar-refractivity contribution in [2.24, 2.45) is 5.73 Å². The molecule has 2 heterocycles. The molecular weight excluding hydrogens is 315 g/mol. The molecule has 0 spiro atoms. The van der Waals surface area contributed by atoms with Crippen molar-refractivity contribution in [3.8, 4) is 22.4 Å². The lowest BCUT2D eigenvalue weighted by Gasteiger charge is -2.26. The molecule has 128 valence electrons. The van der Waals surface area contributed by atoms with Crippen molar-refractivity contribution in [3.63, 3.8) is 0 Å². The highest BCUT2D eigenvalue weighted by molar-refractivity contribution is 5.82. The minimum absolute atomic E-state index is 0.244. The van der Waals surface area contributed by atoms with Crippen molar-refractivity contribution in [1.29, 1.82) is 0 Å². The molecule has 3 aromatic rings. The summed E-state index contributed by atoms with van der Waals surface area (Å²) in [4.78, 5) is 4.12. The van der Waals surface area contributed by atoms with Crippen molar-refractivity contribution in [1.82, 2.24) is 15.2 Å². The Bertz CT molecular complexity index is 834. The Morgan fingerprint density at radius 2 is 1.60 bits per heavy atom. The highest BCUT2D eigenvalue weighted by Crippen LogP contribution is 2.41. The number of pyridine rings is 1. The molecule has 4 nitrogen and oxygen atoms in total. The number of benzene rings is 1. The lowest BCUT2D eigenvalue weighted by atomic mass is 9.82. The summed E-state index contributed by atoms with van der Waals surface area (Å²) in [7, 11) is 0. The number of aromatic nitrogens is 3. The van der Waals surface area contributed by atoms with Gasteiger partial charge < -0.3 is 5.73 Å². The van der Waals surface area contributed by atoms with Crippen LogP contribution >= 0.6 is 0 Å². The molecule has 3 N–H and O–H groups in total. The molecular formula is C20H21FN4. The van der Waals surface area contributed by atoms with Crippen molar-refractivity contribution in [2.45, 2.75) is 37.6 Å². The zero-order valence-electron chi connectivity index (χ0n) is 14.0. The maximum atomic E-state index is 13.3. The Morgan fingerprint density at radius 1 is 0.920 bits per heavy atom. The van der Waals surface area contributed by atoms with Crippen LogP contribution < -0.4 is 5.73 Å². The summed E-state index contributed by atoms with van der Waals surface area (Å²) in [5.74, 6) is 0.177. The largest absolute Gasteiger partial charge is 0.328 e. The summed E-state index contributed by atoms with van der Waals surface area (Å²) >= 11 is 0. The molecule has 2 aromatic heterocycles. The van der Waals surface area contributed by atoms with Crippen molar-refractivity contribution in [3.05, 3.63) is 60.3 Å². The van der Waals surface area contributed by atoms with E-state index in [1.54, 1.807) is 24.5 Å². The summed E-state index contributed by atoms with van der Waals surface area (Å²) in [5, 5.41) is 7.85. The van der Waals surface area contributed by atoms with Gasteiger partial charge in [0.1, 0.15) is 11.5 Å². The normalized spacial score (nSPS) is 20.6. The van der Waals surface area contributed by atoms with Gasteiger partial charge in [0.05, 0.1) is 0 Å². The van der Waals surface area contributed by atoms with E-state index < -0.39 is 0 Å². The minimum Gasteiger partial charge on any atom is -0.328 e. The van der Waals surface area contributed by atoms with E-state index in [0.717, 1.165) is 53.8 Å². The molecule has 4 rings (SSSR count). The summed E-state index contributed by atoms with van der Waals surface area (Å²) in [6, 6.07) is 10.8. The lowest BCUT2D eigenvalue weighted by Crippen LogP contribution is -2.26. The molecule has 0 saturated heterocycles. The topological polar surface area (TPSA) is 67.6 Å². The van der Waals surface area contributed by atoms with Gasteiger partial charge in [0.15, 0.2) is 0 Å². The summed E-state index contributed by atoms with van der Waals surface area (Å²) < 4.78 is 13.3. The van der Waals surface area contributed by atoms with Crippen LogP contribution in [-0.4, -0.2) is 21.2 Å². The molecule has 0 unspecified atom stereocenters. The molecule has 25 heavy (non-hydrogen) atoms. The third kappa shape index (κ3) is 3.20. The third-order valence-corrected chi connectivity index (χ3v) is 5.06. The van der Waals surface area contributed by atoms with Gasteiger partial charge in [-0.15, -0.1) is 0 Å². The van der Waals surface area contributed by atoms with Gasteiger partial charge in [0, 0.05) is 41.2 Å². The van der Waals surface area contributed by atoms with Crippen LogP contribution in [-0.2, 0) is 0 Å². The number of nitrogens with one attached hydrogen (secondary N) is 1. The second kappa shape index (κ2) is 6.76. The summed E-state index contributed by atoms with van der Waals surface area (Å²) in [5.41, 5.74) is 11.1. The van der Waals surface area contributed by atoms with E-state index in [2.05, 4.69) is 15.2 Å². The van der Waals surface area contributed by atoms with Gasteiger partial charge in [-0.2, -0.15) is 5.10 Å². The van der Waals surface area contributed by atoms with Crippen LogP contribution in [0.4, 0.5) is 4.39 Å². The van der Waals surface area contributed by atoms with E-state index in [4.69, 9.17) is 5.73 Å². The van der Waals surface area contributed by atoms with Crippen LogP contribution in [0.2, 0.25) is 0 Å². The zero-order chi connectivity index (χ0) is 17.2. The molecule has 0 atom stereocenters. The first-order valence-corrected chi connectivity index (χ1v) is 8.72. The third-order valence-electron chi connectivity index (χ3n) is 5.06. The first kappa shape index (κ1) is 16.0. The SMILES string of the molecule is NC1CCC(c2[nH]nc(-c3ccc(F)cc3)c2-c2ccncc2)CC1. The van der Waals surface area contributed by atoms with Crippen LogP contribution in [0.5, 0.6) is 0 Å². The maximum Gasteiger partial charge on any atom is 0.123 e. The van der Waals surface area contributed by atoms with E-state index in [-0.39, 0.29) is 5.82 Å². The number of hydrogen-bond acceptors (Lipinski definition) is 3. The number of rotatable bonds is 3. The van der Waals surface area contributed by atoms with Crippen LogP contribution in [0.25, 0.3) is 22.4 Å². The van der Waals surface area contributed by atoms with Crippen molar-refractivity contribution >= 4 is 0 Å². The van der Waals surface area contributed by atoms with Gasteiger partial charge in [-0.1, -0.05) is 0 Å². The fourth-order valence-electron chi connectivity index (χ4n) is 3.69. The lowest BCUT2D eigenvalue weighted by molar-refractivity contribution is 0.391. The molecule has 0 amide bonds. The van der Waals surface area contributed by atoms with Crippen LogP contribution in [0.3, 0.4) is 0 Å². The van der Waals surface area contributed by atoms with E-state index >= 15 is 0 Å². The van der Waals surface area contributed by atoms with E-state index in [1.165, 1.54) is 12.1 Å². The van der Waals surface area contributed by atoms with Gasteiger partial charge in [0.2, 0.25) is 0 Å². The standard InChI is InChI=1S/C20H21FN4/c21-16-5-1-14(2-6-16)19-18(13-9-11-23-12-10-13)20(25-24-19)15-3-7-17(22)8-4-15/h1-2,5-6,9-12,15,17H,3-4,7-8,22H2,(H,24,25). The number of H-pyrrole nitrogens is 1. The summed E-state index contributed by atoms with van der Waals surface area (Å²) in [6.07, 6.45) is 7.76. The average Bonchev–Trinajstić information content (AvgIpc) is 3.09. The Kier molecular flexibility index (Phi) is 4.32. The van der Waals surface area contributed by atoms with E-state index in [0.29, 0.717) is 12.0 Å². The van der Waals surface area contributed by atoms with Crippen LogP contribution in [0.1, 0.15) is 37.3 Å². The summed E-state index contributed by atoms with van der Waals surface area (Å²) in [6.45, 7) is 0. The fraction of sp³-hybridized carbons (Fsp3) is 0.300. The Morgan fingerprint density at radius 3 is 2.28 bits per heavy atom. The smallest absolute Gasteiger partial charge is 0.123 e. The molecule has 0 aliphatic heterocycles. The van der Waals surface area contributed by atoms with Crippen molar-refractivity contribution in [2.75, 3.05) is 0 Å².